The normalized spacial score (nSPS) is 15.6. The lowest BCUT2D eigenvalue weighted by Gasteiger charge is -2.14. The zero-order chi connectivity index (χ0) is 15.1. The second-order valence-corrected chi connectivity index (χ2v) is 6.15. The van der Waals surface area contributed by atoms with Crippen LogP contribution in [0.4, 0.5) is 0 Å². The molecule has 0 spiro atoms. The topological polar surface area (TPSA) is 69.6 Å². The monoisotopic (exact) mass is 308 g/mol. The Balaban J connectivity index is 1.71. The van der Waals surface area contributed by atoms with E-state index in [9.17, 15) is 9.59 Å². The highest BCUT2D eigenvalue weighted by Crippen LogP contribution is 2.17. The fraction of sp³-hybridized carbons (Fsp3) is 0.467. The lowest BCUT2D eigenvalue weighted by molar-refractivity contribution is -0.131. The van der Waals surface area contributed by atoms with Crippen molar-refractivity contribution in [2.75, 3.05) is 26.2 Å². The summed E-state index contributed by atoms with van der Waals surface area (Å²) >= 11 is 1.29. The summed E-state index contributed by atoms with van der Waals surface area (Å²) in [6.45, 7) is 4.07. The van der Waals surface area contributed by atoms with Crippen LogP contribution in [0.25, 0.3) is 6.08 Å². The van der Waals surface area contributed by atoms with Gasteiger partial charge in [-0.15, -0.1) is 11.3 Å². The third-order valence-corrected chi connectivity index (χ3v) is 4.43. The molecule has 5 nitrogen and oxygen atoms in total. The minimum Gasteiger partial charge on any atom is -0.478 e. The lowest BCUT2D eigenvalue weighted by atomic mass is 10.3. The minimum absolute atomic E-state index is 0.0867. The van der Waals surface area contributed by atoms with Crippen LogP contribution >= 0.6 is 11.3 Å². The molecule has 114 valence electrons. The highest BCUT2D eigenvalue weighted by molar-refractivity contribution is 7.14. The number of amides is 1. The van der Waals surface area contributed by atoms with E-state index in [1.165, 1.54) is 43.3 Å². The number of aliphatic carboxylic acids is 1. The Morgan fingerprint density at radius 3 is 2.81 bits per heavy atom. The molecule has 1 aliphatic rings. The number of carbonyl (C=O) groups is 2. The van der Waals surface area contributed by atoms with Crippen LogP contribution in [-0.4, -0.2) is 48.1 Å². The van der Waals surface area contributed by atoms with Crippen LogP contribution in [0.3, 0.4) is 0 Å². The summed E-state index contributed by atoms with van der Waals surface area (Å²) in [7, 11) is 0. The summed E-state index contributed by atoms with van der Waals surface area (Å²) < 4.78 is 0. The van der Waals surface area contributed by atoms with Gasteiger partial charge in [0.25, 0.3) is 5.91 Å². The third-order valence-electron chi connectivity index (χ3n) is 3.38. The number of carboxylic acids is 1. The van der Waals surface area contributed by atoms with E-state index in [1.807, 2.05) is 0 Å². The first-order valence-corrected chi connectivity index (χ1v) is 7.98. The number of hydrogen-bond donors (Lipinski definition) is 2. The van der Waals surface area contributed by atoms with E-state index in [1.54, 1.807) is 12.1 Å². The van der Waals surface area contributed by atoms with Crippen molar-refractivity contribution in [3.05, 3.63) is 28.0 Å². The first-order chi connectivity index (χ1) is 10.1. The van der Waals surface area contributed by atoms with E-state index in [-0.39, 0.29) is 5.91 Å². The molecular weight excluding hydrogens is 288 g/mol. The Morgan fingerprint density at radius 2 is 2.10 bits per heavy atom. The molecule has 1 aromatic rings. The van der Waals surface area contributed by atoms with Gasteiger partial charge in [-0.25, -0.2) is 4.79 Å². The second kappa shape index (κ2) is 7.95. The molecule has 1 amide bonds. The van der Waals surface area contributed by atoms with Crippen LogP contribution in [-0.2, 0) is 4.79 Å². The molecule has 0 radical (unpaired) electrons. The van der Waals surface area contributed by atoms with Gasteiger partial charge in [-0.05, 0) is 57.1 Å². The molecule has 0 bridgehead atoms. The van der Waals surface area contributed by atoms with E-state index in [0.29, 0.717) is 11.4 Å². The van der Waals surface area contributed by atoms with Crippen molar-refractivity contribution in [1.29, 1.82) is 0 Å². The molecule has 0 saturated carbocycles. The standard InChI is InChI=1S/C15H20N2O3S/c18-14(19)7-5-12-4-6-13(21-12)15(20)16-8-3-11-17-9-1-2-10-17/h4-7H,1-3,8-11H2,(H,16,20)(H,18,19). The Morgan fingerprint density at radius 1 is 1.33 bits per heavy atom. The van der Waals surface area contributed by atoms with Gasteiger partial charge in [-0.2, -0.15) is 0 Å². The van der Waals surface area contributed by atoms with Crippen LogP contribution in [0.5, 0.6) is 0 Å². The van der Waals surface area contributed by atoms with Gasteiger partial charge in [-0.1, -0.05) is 0 Å². The first-order valence-electron chi connectivity index (χ1n) is 7.16. The Bertz CT molecular complexity index is 519. The van der Waals surface area contributed by atoms with Crippen LogP contribution in [0.15, 0.2) is 18.2 Å². The summed E-state index contributed by atoms with van der Waals surface area (Å²) in [4.78, 5) is 26.2. The predicted molar refractivity (Wildman–Crippen MR) is 83.6 cm³/mol. The maximum absolute atomic E-state index is 11.9. The summed E-state index contributed by atoms with van der Waals surface area (Å²) in [6.07, 6.45) is 6.10. The van der Waals surface area contributed by atoms with E-state index >= 15 is 0 Å². The fourth-order valence-electron chi connectivity index (χ4n) is 2.32. The summed E-state index contributed by atoms with van der Waals surface area (Å²) in [6, 6.07) is 3.48. The molecule has 2 N–H and O–H groups in total. The summed E-state index contributed by atoms with van der Waals surface area (Å²) in [5, 5.41) is 11.5. The molecule has 0 atom stereocenters. The second-order valence-electron chi connectivity index (χ2n) is 5.03. The van der Waals surface area contributed by atoms with E-state index in [4.69, 9.17) is 5.11 Å². The van der Waals surface area contributed by atoms with Crippen LogP contribution in [0.1, 0.15) is 33.8 Å². The largest absolute Gasteiger partial charge is 0.478 e. The average molecular weight is 308 g/mol. The smallest absolute Gasteiger partial charge is 0.328 e. The van der Waals surface area contributed by atoms with Gasteiger partial charge in [-0.3, -0.25) is 4.79 Å². The molecular formula is C15H20N2O3S. The van der Waals surface area contributed by atoms with Crippen molar-refractivity contribution in [3.63, 3.8) is 0 Å². The van der Waals surface area contributed by atoms with Crippen molar-refractivity contribution in [2.45, 2.75) is 19.3 Å². The predicted octanol–water partition coefficient (Wildman–Crippen LogP) is 2.06. The van der Waals surface area contributed by atoms with Gasteiger partial charge in [0.05, 0.1) is 4.88 Å². The quantitative estimate of drug-likeness (QED) is 0.597. The van der Waals surface area contributed by atoms with E-state index in [0.717, 1.165) is 23.9 Å². The van der Waals surface area contributed by atoms with Gasteiger partial charge >= 0.3 is 5.97 Å². The molecule has 2 heterocycles. The summed E-state index contributed by atoms with van der Waals surface area (Å²) in [5.41, 5.74) is 0. The molecule has 0 aromatic carbocycles. The third kappa shape index (κ3) is 5.32. The van der Waals surface area contributed by atoms with Crippen molar-refractivity contribution >= 4 is 29.3 Å². The van der Waals surface area contributed by atoms with E-state index in [2.05, 4.69) is 10.2 Å². The average Bonchev–Trinajstić information content (AvgIpc) is 3.12. The summed E-state index contributed by atoms with van der Waals surface area (Å²) in [5.74, 6) is -1.08. The highest BCUT2D eigenvalue weighted by atomic mass is 32.1. The zero-order valence-corrected chi connectivity index (χ0v) is 12.7. The molecule has 1 saturated heterocycles. The minimum atomic E-state index is -0.990. The Hall–Kier alpha value is -1.66. The fourth-order valence-corrected chi connectivity index (χ4v) is 3.14. The van der Waals surface area contributed by atoms with Crippen LogP contribution < -0.4 is 5.32 Å². The molecule has 0 aliphatic carbocycles. The number of thiophene rings is 1. The number of nitrogens with zero attached hydrogens (tertiary/aromatic N) is 1. The lowest BCUT2D eigenvalue weighted by Crippen LogP contribution is -2.28. The van der Waals surface area contributed by atoms with Crippen molar-refractivity contribution in [3.8, 4) is 0 Å². The van der Waals surface area contributed by atoms with Gasteiger partial charge in [0.15, 0.2) is 0 Å². The maximum Gasteiger partial charge on any atom is 0.328 e. The molecule has 2 rings (SSSR count). The number of rotatable bonds is 7. The highest BCUT2D eigenvalue weighted by Gasteiger charge is 2.11. The van der Waals surface area contributed by atoms with Gasteiger partial charge in [0.2, 0.25) is 0 Å². The van der Waals surface area contributed by atoms with Crippen molar-refractivity contribution in [2.24, 2.45) is 0 Å². The molecule has 1 aromatic heterocycles. The number of hydrogen-bond acceptors (Lipinski definition) is 4. The van der Waals surface area contributed by atoms with Crippen molar-refractivity contribution in [1.82, 2.24) is 10.2 Å². The number of likely N-dealkylation sites (tertiary alicyclic amines) is 1. The number of carbonyl (C=O) groups excluding carboxylic acids is 1. The number of carboxylic acid groups (broad SMARTS) is 1. The van der Waals surface area contributed by atoms with E-state index < -0.39 is 5.97 Å². The SMILES string of the molecule is O=C(O)C=Cc1ccc(C(=O)NCCCN2CCCC2)s1. The van der Waals surface area contributed by atoms with Crippen LogP contribution in [0.2, 0.25) is 0 Å². The van der Waals surface area contributed by atoms with Gasteiger partial charge in [0, 0.05) is 17.5 Å². The first kappa shape index (κ1) is 15.7. The maximum atomic E-state index is 11.9. The number of nitrogens with one attached hydrogen (secondary N) is 1. The molecule has 1 aliphatic heterocycles. The molecule has 0 unspecified atom stereocenters. The van der Waals surface area contributed by atoms with Gasteiger partial charge in [0.1, 0.15) is 0 Å². The molecule has 6 heteroatoms. The molecule has 1 fully saturated rings. The van der Waals surface area contributed by atoms with Crippen LogP contribution in [0, 0.1) is 0 Å². The Kier molecular flexibility index (Phi) is 5.95. The Labute approximate surface area is 128 Å². The van der Waals surface area contributed by atoms with Gasteiger partial charge < -0.3 is 15.3 Å². The molecule has 21 heavy (non-hydrogen) atoms. The van der Waals surface area contributed by atoms with Crippen molar-refractivity contribution < 1.29 is 14.7 Å². The zero-order valence-electron chi connectivity index (χ0n) is 11.9.